The van der Waals surface area contributed by atoms with Crippen LogP contribution in [0.15, 0.2) is 83.5 Å². The maximum Gasteiger partial charge on any atom is 0.219 e. The molecule has 0 radical (unpaired) electrons. The van der Waals surface area contributed by atoms with E-state index in [1.807, 2.05) is 66.5 Å². The molecule has 1 atom stereocenters. The van der Waals surface area contributed by atoms with Gasteiger partial charge in [0, 0.05) is 38.7 Å². The van der Waals surface area contributed by atoms with Crippen LogP contribution in [0, 0.1) is 0 Å². The number of nitrogens with one attached hydrogen (secondary N) is 1. The minimum Gasteiger partial charge on any atom is -0.465 e. The predicted octanol–water partition coefficient (Wildman–Crippen LogP) is 6.35. The van der Waals surface area contributed by atoms with Gasteiger partial charge in [-0.2, -0.15) is 0 Å². The van der Waals surface area contributed by atoms with Gasteiger partial charge in [-0.25, -0.2) is 0 Å². The number of aromatic amines is 1. The minimum absolute atomic E-state index is 0.112. The molecular formula is C25H22BrClN2O2. The normalized spacial score (nSPS) is 12.3. The van der Waals surface area contributed by atoms with Gasteiger partial charge in [0.25, 0.3) is 0 Å². The fourth-order valence-electron chi connectivity index (χ4n) is 3.49. The number of rotatable bonds is 8. The first-order chi connectivity index (χ1) is 15.0. The minimum atomic E-state index is -0.791. The first-order valence-corrected chi connectivity index (χ1v) is 11.2. The number of ether oxygens (including phenoxy) is 1. The summed E-state index contributed by atoms with van der Waals surface area (Å²) in [7, 11) is 1.91. The molecule has 0 fully saturated rings. The molecule has 3 aromatic carbocycles. The molecule has 6 heteroatoms. The molecule has 0 aliphatic carbocycles. The van der Waals surface area contributed by atoms with Crippen LogP contribution in [-0.4, -0.2) is 35.5 Å². The van der Waals surface area contributed by atoms with Gasteiger partial charge in [0.2, 0.25) is 12.0 Å². The van der Waals surface area contributed by atoms with Crippen molar-refractivity contribution in [1.29, 1.82) is 0 Å². The van der Waals surface area contributed by atoms with Crippen LogP contribution in [0.3, 0.4) is 0 Å². The number of benzene rings is 3. The molecule has 1 unspecified atom stereocenters. The number of likely N-dealkylation sites (N-methyl/N-ethyl adjacent to an activating group) is 1. The zero-order valence-corrected chi connectivity index (χ0v) is 19.4. The van der Waals surface area contributed by atoms with Gasteiger partial charge in [-0.3, -0.25) is 9.69 Å². The number of nitrogens with zero attached hydrogens (tertiary/aromatic N) is 1. The van der Waals surface area contributed by atoms with E-state index in [0.29, 0.717) is 22.9 Å². The van der Waals surface area contributed by atoms with E-state index in [1.54, 1.807) is 12.3 Å². The van der Waals surface area contributed by atoms with E-state index in [1.165, 1.54) is 5.56 Å². The van der Waals surface area contributed by atoms with Crippen LogP contribution in [0.1, 0.15) is 15.9 Å². The highest BCUT2D eigenvalue weighted by atomic mass is 79.9. The summed E-state index contributed by atoms with van der Waals surface area (Å²) < 4.78 is 7.05. The summed E-state index contributed by atoms with van der Waals surface area (Å²) in [4.78, 5) is 18.6. The van der Waals surface area contributed by atoms with E-state index in [-0.39, 0.29) is 5.78 Å². The maximum absolute atomic E-state index is 13.5. The van der Waals surface area contributed by atoms with Gasteiger partial charge in [-0.15, -0.1) is 0 Å². The molecule has 0 saturated carbocycles. The van der Waals surface area contributed by atoms with Crippen molar-refractivity contribution in [1.82, 2.24) is 9.88 Å². The van der Waals surface area contributed by atoms with Crippen LogP contribution >= 0.6 is 27.5 Å². The van der Waals surface area contributed by atoms with Gasteiger partial charge in [-0.05, 0) is 43.3 Å². The molecule has 0 amide bonds. The molecule has 1 heterocycles. The van der Waals surface area contributed by atoms with Crippen LogP contribution in [0.4, 0.5) is 0 Å². The highest BCUT2D eigenvalue weighted by Crippen LogP contribution is 2.30. The molecule has 158 valence electrons. The van der Waals surface area contributed by atoms with Crippen molar-refractivity contribution in [2.24, 2.45) is 0 Å². The Kier molecular flexibility index (Phi) is 6.76. The number of aromatic nitrogens is 1. The highest BCUT2D eigenvalue weighted by Gasteiger charge is 2.28. The van der Waals surface area contributed by atoms with Crippen LogP contribution in [-0.2, 0) is 6.42 Å². The van der Waals surface area contributed by atoms with Crippen LogP contribution < -0.4 is 4.74 Å². The molecule has 0 aliphatic rings. The Labute approximate surface area is 194 Å². The van der Waals surface area contributed by atoms with E-state index >= 15 is 0 Å². The lowest BCUT2D eigenvalue weighted by atomic mass is 10.1. The Hall–Kier alpha value is -2.60. The number of fused-ring (bicyclic) bond motifs is 1. The molecule has 4 rings (SSSR count). The molecule has 4 nitrogen and oxygen atoms in total. The van der Waals surface area contributed by atoms with Gasteiger partial charge < -0.3 is 9.72 Å². The molecule has 0 spiro atoms. The number of hydrogen-bond acceptors (Lipinski definition) is 3. The maximum atomic E-state index is 13.5. The summed E-state index contributed by atoms with van der Waals surface area (Å²) in [5.41, 5.74) is 2.69. The van der Waals surface area contributed by atoms with E-state index in [9.17, 15) is 4.79 Å². The van der Waals surface area contributed by atoms with Gasteiger partial charge in [0.05, 0.1) is 0 Å². The average molecular weight is 498 g/mol. The van der Waals surface area contributed by atoms with Crippen molar-refractivity contribution in [2.75, 3.05) is 13.6 Å². The third-order valence-corrected chi connectivity index (χ3v) is 6.13. The van der Waals surface area contributed by atoms with E-state index in [0.717, 1.165) is 21.8 Å². The second-order valence-electron chi connectivity index (χ2n) is 7.37. The lowest BCUT2D eigenvalue weighted by Crippen LogP contribution is -2.44. The number of carbonyl (C=O) groups is 1. The van der Waals surface area contributed by atoms with Crippen LogP contribution in [0.25, 0.3) is 10.9 Å². The topological polar surface area (TPSA) is 45.3 Å². The Morgan fingerprint density at radius 3 is 2.61 bits per heavy atom. The van der Waals surface area contributed by atoms with Crippen molar-refractivity contribution in [2.45, 2.75) is 12.6 Å². The lowest BCUT2D eigenvalue weighted by Gasteiger charge is -2.27. The van der Waals surface area contributed by atoms with Gasteiger partial charge >= 0.3 is 0 Å². The predicted molar refractivity (Wildman–Crippen MR) is 129 cm³/mol. The molecule has 1 aromatic heterocycles. The van der Waals surface area contributed by atoms with Crippen LogP contribution in [0.5, 0.6) is 5.75 Å². The second kappa shape index (κ2) is 9.69. The highest BCUT2D eigenvalue weighted by molar-refractivity contribution is 9.10. The molecule has 4 aromatic rings. The Bertz CT molecular complexity index is 1190. The number of hydrogen-bond donors (Lipinski definition) is 1. The lowest BCUT2D eigenvalue weighted by molar-refractivity contribution is 0.0365. The largest absolute Gasteiger partial charge is 0.465 e. The van der Waals surface area contributed by atoms with Gasteiger partial charge in [0.1, 0.15) is 5.75 Å². The Balaban J connectivity index is 1.63. The number of ketones is 1. The summed E-state index contributed by atoms with van der Waals surface area (Å²) in [5.74, 6) is 0.480. The first-order valence-electron chi connectivity index (χ1n) is 9.99. The van der Waals surface area contributed by atoms with E-state index in [4.69, 9.17) is 16.3 Å². The van der Waals surface area contributed by atoms with Crippen molar-refractivity contribution in [3.05, 3.63) is 99.6 Å². The first kappa shape index (κ1) is 21.6. The Morgan fingerprint density at radius 2 is 1.84 bits per heavy atom. The molecule has 1 N–H and O–H groups in total. The summed E-state index contributed by atoms with van der Waals surface area (Å²) in [6.45, 7) is 0.661. The number of Topliss-reactive ketones (excluding diaryl/α,β-unsaturated/α-hetero) is 1. The summed E-state index contributed by atoms with van der Waals surface area (Å²) >= 11 is 9.69. The molecule has 31 heavy (non-hydrogen) atoms. The zero-order valence-electron chi connectivity index (χ0n) is 17.0. The third kappa shape index (κ3) is 5.01. The molecule has 0 bridgehead atoms. The quantitative estimate of drug-likeness (QED) is 0.228. The third-order valence-electron chi connectivity index (χ3n) is 5.20. The Morgan fingerprint density at radius 1 is 1.10 bits per heavy atom. The molecular weight excluding hydrogens is 476 g/mol. The summed E-state index contributed by atoms with van der Waals surface area (Å²) in [6, 6.07) is 23.2. The van der Waals surface area contributed by atoms with Crippen molar-refractivity contribution >= 4 is 44.2 Å². The monoisotopic (exact) mass is 496 g/mol. The zero-order chi connectivity index (χ0) is 21.8. The van der Waals surface area contributed by atoms with Gasteiger partial charge in [0.15, 0.2) is 0 Å². The van der Waals surface area contributed by atoms with Crippen LogP contribution in [0.2, 0.25) is 5.02 Å². The van der Waals surface area contributed by atoms with E-state index < -0.39 is 6.23 Å². The van der Waals surface area contributed by atoms with Crippen molar-refractivity contribution < 1.29 is 9.53 Å². The smallest absolute Gasteiger partial charge is 0.219 e. The fourth-order valence-corrected chi connectivity index (χ4v) is 4.14. The average Bonchev–Trinajstić information content (AvgIpc) is 3.18. The fraction of sp³-hybridized carbons (Fsp3) is 0.160. The number of H-pyrrole nitrogens is 1. The van der Waals surface area contributed by atoms with E-state index in [2.05, 4.69) is 33.0 Å². The number of carbonyl (C=O) groups excluding carboxylic acids is 1. The van der Waals surface area contributed by atoms with Crippen molar-refractivity contribution in [3.8, 4) is 5.75 Å². The second-order valence-corrected chi connectivity index (χ2v) is 8.66. The summed E-state index contributed by atoms with van der Waals surface area (Å²) in [6.07, 6.45) is 1.78. The standard InChI is InChI=1S/C25H22BrClN2O2/c1-29(14-13-17-7-3-2-4-8-17)25(24(30)19-9-5-6-10-21(19)26)31-23-16-28-22-12-11-18(27)15-20(22)23/h2-12,15-16,25,28H,13-14H2,1H3. The molecule has 0 saturated heterocycles. The SMILES string of the molecule is CN(CCc1ccccc1)C(Oc1c[nH]c2ccc(Cl)cc12)C(=O)c1ccccc1Br. The molecule has 0 aliphatic heterocycles. The number of halogens is 2. The summed E-state index contributed by atoms with van der Waals surface area (Å²) in [5, 5.41) is 1.46. The van der Waals surface area contributed by atoms with Crippen molar-refractivity contribution in [3.63, 3.8) is 0 Å². The van der Waals surface area contributed by atoms with Gasteiger partial charge in [-0.1, -0.05) is 76.1 Å².